The number of aliphatic carboxylic acids is 1. The van der Waals surface area contributed by atoms with Crippen LogP contribution < -0.4 is 5.32 Å². The Hall–Kier alpha value is -2.21. The lowest BCUT2D eigenvalue weighted by Gasteiger charge is -2.04. The highest BCUT2D eigenvalue weighted by Gasteiger charge is 2.09. The molecule has 1 amide bonds. The van der Waals surface area contributed by atoms with E-state index < -0.39 is 5.97 Å². The Morgan fingerprint density at radius 1 is 1.32 bits per heavy atom. The van der Waals surface area contributed by atoms with E-state index in [9.17, 15) is 9.59 Å². The van der Waals surface area contributed by atoms with Crippen molar-refractivity contribution in [1.82, 2.24) is 4.98 Å². The van der Waals surface area contributed by atoms with Gasteiger partial charge in [0.1, 0.15) is 4.88 Å². The molecule has 0 aliphatic rings. The van der Waals surface area contributed by atoms with Crippen LogP contribution in [0.5, 0.6) is 0 Å². The molecule has 1 aromatic heterocycles. The fourth-order valence-electron chi connectivity index (χ4n) is 1.54. The molecule has 2 rings (SSSR count). The highest BCUT2D eigenvalue weighted by Crippen LogP contribution is 2.15. The summed E-state index contributed by atoms with van der Waals surface area (Å²) in [5.41, 5.74) is 1.32. The van der Waals surface area contributed by atoms with Crippen molar-refractivity contribution in [2.24, 2.45) is 0 Å². The lowest BCUT2D eigenvalue weighted by atomic mass is 10.1. The molecule has 2 aromatic rings. The van der Waals surface area contributed by atoms with Crippen LogP contribution in [0.15, 0.2) is 30.5 Å². The van der Waals surface area contributed by atoms with Gasteiger partial charge in [-0.25, -0.2) is 4.98 Å². The van der Waals surface area contributed by atoms with Gasteiger partial charge in [-0.3, -0.25) is 9.59 Å². The Labute approximate surface area is 113 Å². The largest absolute Gasteiger partial charge is 0.481 e. The third-order valence-electron chi connectivity index (χ3n) is 2.41. The molecule has 0 unspecified atom stereocenters. The number of carbonyl (C=O) groups excluding carboxylic acids is 1. The van der Waals surface area contributed by atoms with Crippen LogP contribution >= 0.6 is 11.3 Å². The van der Waals surface area contributed by atoms with Gasteiger partial charge in [-0.1, -0.05) is 12.1 Å². The van der Waals surface area contributed by atoms with Crippen LogP contribution in [0.4, 0.5) is 5.69 Å². The lowest BCUT2D eigenvalue weighted by molar-refractivity contribution is -0.136. The van der Waals surface area contributed by atoms with Crippen LogP contribution in [0.3, 0.4) is 0 Å². The van der Waals surface area contributed by atoms with Gasteiger partial charge in [-0.05, 0) is 24.6 Å². The molecule has 0 bridgehead atoms. The number of carboxylic acid groups (broad SMARTS) is 1. The van der Waals surface area contributed by atoms with Crippen LogP contribution in [-0.2, 0) is 11.2 Å². The van der Waals surface area contributed by atoms with Crippen LogP contribution in [0.1, 0.15) is 20.2 Å². The summed E-state index contributed by atoms with van der Waals surface area (Å²) in [6.45, 7) is 1.84. The standard InChI is InChI=1S/C13H12N2O3S/c1-8-14-7-11(19-8)13(18)15-10-4-2-9(3-5-10)6-12(16)17/h2-5,7H,6H2,1H3,(H,15,18)(H,16,17). The minimum atomic E-state index is -0.878. The summed E-state index contributed by atoms with van der Waals surface area (Å²) in [4.78, 5) is 27.0. The SMILES string of the molecule is Cc1ncc(C(=O)Nc2ccc(CC(=O)O)cc2)s1. The second-order valence-electron chi connectivity index (χ2n) is 3.97. The first-order chi connectivity index (χ1) is 9.04. The maximum Gasteiger partial charge on any atom is 0.307 e. The summed E-state index contributed by atoms with van der Waals surface area (Å²) in [7, 11) is 0. The Morgan fingerprint density at radius 3 is 2.53 bits per heavy atom. The quantitative estimate of drug-likeness (QED) is 0.898. The first-order valence-electron chi connectivity index (χ1n) is 5.59. The van der Waals surface area contributed by atoms with Crippen molar-refractivity contribution in [3.05, 3.63) is 45.9 Å². The molecule has 5 nitrogen and oxygen atoms in total. The molecule has 0 saturated heterocycles. The highest BCUT2D eigenvalue weighted by atomic mass is 32.1. The molecule has 0 aliphatic heterocycles. The van der Waals surface area contributed by atoms with E-state index in [0.29, 0.717) is 16.1 Å². The lowest BCUT2D eigenvalue weighted by Crippen LogP contribution is -2.10. The number of hydrogen-bond acceptors (Lipinski definition) is 4. The number of hydrogen-bond donors (Lipinski definition) is 2. The molecular weight excluding hydrogens is 264 g/mol. The zero-order chi connectivity index (χ0) is 13.8. The number of carboxylic acids is 1. The van der Waals surface area contributed by atoms with Crippen molar-refractivity contribution >= 4 is 28.9 Å². The summed E-state index contributed by atoms with van der Waals surface area (Å²) in [5.74, 6) is -1.09. The first kappa shape index (κ1) is 13.2. The van der Waals surface area contributed by atoms with E-state index in [0.717, 1.165) is 5.01 Å². The van der Waals surface area contributed by atoms with E-state index in [1.807, 2.05) is 6.92 Å². The molecule has 19 heavy (non-hydrogen) atoms. The monoisotopic (exact) mass is 276 g/mol. The van der Waals surface area contributed by atoms with Gasteiger partial charge in [0.25, 0.3) is 5.91 Å². The smallest absolute Gasteiger partial charge is 0.307 e. The molecule has 6 heteroatoms. The van der Waals surface area contributed by atoms with Gasteiger partial charge in [-0.2, -0.15) is 0 Å². The summed E-state index contributed by atoms with van der Waals surface area (Å²) in [5, 5.41) is 12.2. The third kappa shape index (κ3) is 3.62. The van der Waals surface area contributed by atoms with Gasteiger partial charge < -0.3 is 10.4 Å². The first-order valence-corrected chi connectivity index (χ1v) is 6.41. The molecule has 0 aliphatic carbocycles. The topological polar surface area (TPSA) is 79.3 Å². The molecule has 1 heterocycles. The minimum Gasteiger partial charge on any atom is -0.481 e. The summed E-state index contributed by atoms with van der Waals surface area (Å²) >= 11 is 1.33. The molecule has 0 atom stereocenters. The van der Waals surface area contributed by atoms with Crippen molar-refractivity contribution in [3.8, 4) is 0 Å². The van der Waals surface area contributed by atoms with E-state index >= 15 is 0 Å². The Morgan fingerprint density at radius 2 is 2.00 bits per heavy atom. The van der Waals surface area contributed by atoms with Gasteiger partial charge >= 0.3 is 5.97 Å². The van der Waals surface area contributed by atoms with Crippen molar-refractivity contribution < 1.29 is 14.7 Å². The van der Waals surface area contributed by atoms with Crippen molar-refractivity contribution in [1.29, 1.82) is 0 Å². The number of rotatable bonds is 4. The fraction of sp³-hybridized carbons (Fsp3) is 0.154. The summed E-state index contributed by atoms with van der Waals surface area (Å²) in [6, 6.07) is 6.73. The molecule has 1 aromatic carbocycles. The van der Waals surface area contributed by atoms with Gasteiger partial charge in [0.2, 0.25) is 0 Å². The van der Waals surface area contributed by atoms with Gasteiger partial charge in [0.15, 0.2) is 0 Å². The number of aromatic nitrogens is 1. The molecular formula is C13H12N2O3S. The van der Waals surface area contributed by atoms with Gasteiger partial charge in [-0.15, -0.1) is 11.3 Å². The number of benzene rings is 1. The minimum absolute atomic E-state index is 0.0255. The zero-order valence-electron chi connectivity index (χ0n) is 10.2. The normalized spacial score (nSPS) is 10.2. The molecule has 0 radical (unpaired) electrons. The van der Waals surface area contributed by atoms with Crippen molar-refractivity contribution in [2.75, 3.05) is 5.32 Å². The number of nitrogens with zero attached hydrogens (tertiary/aromatic N) is 1. The highest BCUT2D eigenvalue weighted by molar-refractivity contribution is 7.13. The van der Waals surface area contributed by atoms with Crippen LogP contribution in [0, 0.1) is 6.92 Å². The van der Waals surface area contributed by atoms with E-state index in [1.54, 1.807) is 24.3 Å². The molecule has 0 saturated carbocycles. The Kier molecular flexibility index (Phi) is 3.91. The number of nitrogens with one attached hydrogen (secondary N) is 1. The average Bonchev–Trinajstić information content (AvgIpc) is 2.78. The number of carbonyl (C=O) groups is 2. The van der Waals surface area contributed by atoms with E-state index in [4.69, 9.17) is 5.11 Å². The Balaban J connectivity index is 2.03. The second kappa shape index (κ2) is 5.62. The van der Waals surface area contributed by atoms with Crippen molar-refractivity contribution in [2.45, 2.75) is 13.3 Å². The Bertz CT molecular complexity index is 605. The molecule has 0 fully saturated rings. The molecule has 2 N–H and O–H groups in total. The maximum atomic E-state index is 11.9. The van der Waals surface area contributed by atoms with Gasteiger partial charge in [0.05, 0.1) is 17.6 Å². The van der Waals surface area contributed by atoms with E-state index in [-0.39, 0.29) is 12.3 Å². The predicted octanol–water partition coefficient (Wildman–Crippen LogP) is 2.33. The summed E-state index contributed by atoms with van der Waals surface area (Å²) in [6.07, 6.45) is 1.51. The number of amides is 1. The van der Waals surface area contributed by atoms with Crippen LogP contribution in [0.2, 0.25) is 0 Å². The van der Waals surface area contributed by atoms with E-state index in [1.165, 1.54) is 17.5 Å². The fourth-order valence-corrected chi connectivity index (χ4v) is 2.21. The number of thiazole rings is 1. The molecule has 98 valence electrons. The average molecular weight is 276 g/mol. The number of aryl methyl sites for hydroxylation is 1. The third-order valence-corrected chi connectivity index (χ3v) is 3.32. The number of anilines is 1. The molecule has 0 spiro atoms. The zero-order valence-corrected chi connectivity index (χ0v) is 11.0. The summed E-state index contributed by atoms with van der Waals surface area (Å²) < 4.78 is 0. The maximum absolute atomic E-state index is 11.9. The second-order valence-corrected chi connectivity index (χ2v) is 5.20. The predicted molar refractivity (Wildman–Crippen MR) is 72.6 cm³/mol. The van der Waals surface area contributed by atoms with Crippen molar-refractivity contribution in [3.63, 3.8) is 0 Å². The van der Waals surface area contributed by atoms with Crippen LogP contribution in [-0.4, -0.2) is 22.0 Å². The van der Waals surface area contributed by atoms with Gasteiger partial charge in [0, 0.05) is 5.69 Å². The van der Waals surface area contributed by atoms with E-state index in [2.05, 4.69) is 10.3 Å². The van der Waals surface area contributed by atoms with Crippen LogP contribution in [0.25, 0.3) is 0 Å².